The van der Waals surface area contributed by atoms with Crippen LogP contribution in [0.4, 0.5) is 8.78 Å². The van der Waals surface area contributed by atoms with E-state index >= 15 is 0 Å². The molecule has 2 aromatic carbocycles. The van der Waals surface area contributed by atoms with Gasteiger partial charge in [0.25, 0.3) is 0 Å². The quantitative estimate of drug-likeness (QED) is 0.718. The molecule has 22 heavy (non-hydrogen) atoms. The zero-order valence-corrected chi connectivity index (χ0v) is 11.9. The topological polar surface area (TPSA) is 30.7 Å². The normalized spacial score (nSPS) is 12.3. The number of nitrogens with zero attached hydrogens (tertiary/aromatic N) is 3. The Morgan fingerprint density at radius 1 is 0.909 bits per heavy atom. The third-order valence-electron chi connectivity index (χ3n) is 3.63. The largest absolute Gasteiger partial charge is 0.245 e. The lowest BCUT2D eigenvalue weighted by Gasteiger charge is -2.17. The molecule has 1 heterocycles. The Hall–Kier alpha value is -2.56. The summed E-state index contributed by atoms with van der Waals surface area (Å²) in [4.78, 5) is 3.98. The van der Waals surface area contributed by atoms with Crippen molar-refractivity contribution in [3.63, 3.8) is 0 Å². The molecule has 0 aliphatic rings. The van der Waals surface area contributed by atoms with E-state index in [1.807, 2.05) is 0 Å². The highest BCUT2D eigenvalue weighted by Gasteiger charge is 2.14. The predicted octanol–water partition coefficient (Wildman–Crippen LogP) is 3.78. The zero-order valence-electron chi connectivity index (χ0n) is 11.9. The van der Waals surface area contributed by atoms with E-state index < -0.39 is 0 Å². The van der Waals surface area contributed by atoms with E-state index in [2.05, 4.69) is 10.1 Å². The van der Waals surface area contributed by atoms with E-state index in [9.17, 15) is 8.78 Å². The van der Waals surface area contributed by atoms with E-state index in [1.165, 1.54) is 30.6 Å². The molecular formula is C17H15F2N3. The van der Waals surface area contributed by atoms with Crippen molar-refractivity contribution in [3.8, 4) is 0 Å². The minimum absolute atomic E-state index is 0.0341. The Morgan fingerprint density at radius 3 is 2.14 bits per heavy atom. The van der Waals surface area contributed by atoms with Gasteiger partial charge >= 0.3 is 0 Å². The van der Waals surface area contributed by atoms with Crippen LogP contribution in [0.2, 0.25) is 0 Å². The van der Waals surface area contributed by atoms with Crippen LogP contribution in [0.5, 0.6) is 0 Å². The van der Waals surface area contributed by atoms with Crippen molar-refractivity contribution >= 4 is 0 Å². The smallest absolute Gasteiger partial charge is 0.137 e. The van der Waals surface area contributed by atoms with Crippen LogP contribution in [0.3, 0.4) is 0 Å². The van der Waals surface area contributed by atoms with Gasteiger partial charge in [-0.2, -0.15) is 5.10 Å². The van der Waals surface area contributed by atoms with Crippen LogP contribution in [0.1, 0.15) is 23.6 Å². The zero-order chi connectivity index (χ0) is 15.4. The second-order valence-corrected chi connectivity index (χ2v) is 5.11. The number of aromatic nitrogens is 3. The summed E-state index contributed by atoms with van der Waals surface area (Å²) in [7, 11) is 0. The number of halogens is 2. The molecule has 3 nitrogen and oxygen atoms in total. The molecule has 0 saturated carbocycles. The number of benzene rings is 2. The minimum atomic E-state index is -0.264. The van der Waals surface area contributed by atoms with Crippen LogP contribution in [0.25, 0.3) is 0 Å². The van der Waals surface area contributed by atoms with Gasteiger partial charge in [0.2, 0.25) is 0 Å². The van der Waals surface area contributed by atoms with Crippen molar-refractivity contribution in [2.24, 2.45) is 0 Å². The minimum Gasteiger partial charge on any atom is -0.245 e. The molecule has 1 aromatic heterocycles. The molecule has 3 rings (SSSR count). The first-order valence-electron chi connectivity index (χ1n) is 7.06. The standard InChI is InChI=1S/C17H15F2N3/c18-15-6-1-13(2-7-15)3-10-17(22-12-20-11-21-22)14-4-8-16(19)9-5-14/h1-2,4-9,11-12,17H,3,10H2. The van der Waals surface area contributed by atoms with Crippen LogP contribution in [-0.4, -0.2) is 14.8 Å². The molecule has 5 heteroatoms. The van der Waals surface area contributed by atoms with Crippen molar-refractivity contribution in [2.45, 2.75) is 18.9 Å². The first-order valence-corrected chi connectivity index (χ1v) is 7.06. The molecule has 3 aromatic rings. The van der Waals surface area contributed by atoms with Gasteiger partial charge in [-0.25, -0.2) is 18.4 Å². The second kappa shape index (κ2) is 6.47. The SMILES string of the molecule is Fc1ccc(CCC(c2ccc(F)cc2)n2cncn2)cc1. The average Bonchev–Trinajstić information content (AvgIpc) is 3.05. The average molecular weight is 299 g/mol. The highest BCUT2D eigenvalue weighted by atomic mass is 19.1. The fourth-order valence-corrected chi connectivity index (χ4v) is 2.47. The number of hydrogen-bond acceptors (Lipinski definition) is 2. The van der Waals surface area contributed by atoms with Crippen molar-refractivity contribution in [1.82, 2.24) is 14.8 Å². The Kier molecular flexibility index (Phi) is 4.23. The van der Waals surface area contributed by atoms with Crippen LogP contribution in [0, 0.1) is 11.6 Å². The molecule has 1 atom stereocenters. The molecule has 0 radical (unpaired) electrons. The van der Waals surface area contributed by atoms with Crippen LogP contribution < -0.4 is 0 Å². The van der Waals surface area contributed by atoms with Gasteiger partial charge in [-0.3, -0.25) is 0 Å². The molecule has 112 valence electrons. The molecule has 0 aliphatic carbocycles. The van der Waals surface area contributed by atoms with Gasteiger partial charge in [-0.05, 0) is 48.2 Å². The lowest BCUT2D eigenvalue weighted by molar-refractivity contribution is 0.487. The summed E-state index contributed by atoms with van der Waals surface area (Å²) >= 11 is 0. The molecule has 0 amide bonds. The summed E-state index contributed by atoms with van der Waals surface area (Å²) in [5, 5.41) is 4.19. The molecule has 0 aliphatic heterocycles. The summed E-state index contributed by atoms with van der Waals surface area (Å²) in [6.45, 7) is 0. The van der Waals surface area contributed by atoms with Crippen LogP contribution >= 0.6 is 0 Å². The number of rotatable bonds is 5. The maximum Gasteiger partial charge on any atom is 0.137 e. The lowest BCUT2D eigenvalue weighted by Crippen LogP contribution is -2.12. The summed E-state index contributed by atoms with van der Waals surface area (Å²) in [6, 6.07) is 12.8. The maximum absolute atomic E-state index is 13.1. The fourth-order valence-electron chi connectivity index (χ4n) is 2.47. The fraction of sp³-hybridized carbons (Fsp3) is 0.176. The van der Waals surface area contributed by atoms with Gasteiger partial charge in [0.15, 0.2) is 0 Å². The second-order valence-electron chi connectivity index (χ2n) is 5.11. The molecule has 0 N–H and O–H groups in total. The van der Waals surface area contributed by atoms with Crippen LogP contribution in [0.15, 0.2) is 61.2 Å². The molecule has 0 bridgehead atoms. The number of aryl methyl sites for hydroxylation is 1. The van der Waals surface area contributed by atoms with Crippen molar-refractivity contribution < 1.29 is 8.78 Å². The third-order valence-corrected chi connectivity index (χ3v) is 3.63. The van der Waals surface area contributed by atoms with Gasteiger partial charge in [0.1, 0.15) is 24.3 Å². The lowest BCUT2D eigenvalue weighted by atomic mass is 9.99. The van der Waals surface area contributed by atoms with Crippen molar-refractivity contribution in [3.05, 3.63) is 83.9 Å². The van der Waals surface area contributed by atoms with E-state index in [0.29, 0.717) is 0 Å². The number of hydrogen-bond donors (Lipinski definition) is 0. The van der Waals surface area contributed by atoms with Gasteiger partial charge in [0, 0.05) is 0 Å². The van der Waals surface area contributed by atoms with E-state index in [4.69, 9.17) is 0 Å². The summed E-state index contributed by atoms with van der Waals surface area (Å²) < 4.78 is 27.8. The molecule has 0 saturated heterocycles. The highest BCUT2D eigenvalue weighted by molar-refractivity contribution is 5.22. The predicted molar refractivity (Wildman–Crippen MR) is 79.3 cm³/mol. The highest BCUT2D eigenvalue weighted by Crippen LogP contribution is 2.23. The molecule has 0 fully saturated rings. The van der Waals surface area contributed by atoms with Crippen molar-refractivity contribution in [1.29, 1.82) is 0 Å². The van der Waals surface area contributed by atoms with Crippen LogP contribution in [-0.2, 0) is 6.42 Å². The first kappa shape index (κ1) is 14.4. The maximum atomic E-state index is 13.1. The summed E-state index contributed by atoms with van der Waals surface area (Å²) in [5.41, 5.74) is 2.02. The summed E-state index contributed by atoms with van der Waals surface area (Å²) in [6.07, 6.45) is 4.66. The van der Waals surface area contributed by atoms with Gasteiger partial charge in [-0.15, -0.1) is 0 Å². The first-order chi connectivity index (χ1) is 10.7. The Balaban J connectivity index is 1.80. The molecule has 0 spiro atoms. The Bertz CT molecular complexity index is 707. The van der Waals surface area contributed by atoms with Crippen molar-refractivity contribution in [2.75, 3.05) is 0 Å². The van der Waals surface area contributed by atoms with Gasteiger partial charge in [-0.1, -0.05) is 24.3 Å². The van der Waals surface area contributed by atoms with E-state index in [-0.39, 0.29) is 17.7 Å². The Morgan fingerprint density at radius 2 is 1.55 bits per heavy atom. The molecule has 1 unspecified atom stereocenters. The third kappa shape index (κ3) is 3.36. The van der Waals surface area contributed by atoms with E-state index in [0.717, 1.165) is 24.0 Å². The molecular weight excluding hydrogens is 284 g/mol. The monoisotopic (exact) mass is 299 g/mol. The van der Waals surface area contributed by atoms with Gasteiger partial charge < -0.3 is 0 Å². The Labute approximate surface area is 127 Å². The van der Waals surface area contributed by atoms with Gasteiger partial charge in [0.05, 0.1) is 6.04 Å². The van der Waals surface area contributed by atoms with E-state index in [1.54, 1.807) is 35.3 Å². The summed E-state index contributed by atoms with van der Waals surface area (Å²) in [5.74, 6) is -0.505.